The van der Waals surface area contributed by atoms with Gasteiger partial charge in [-0.05, 0) is 46.8 Å². The maximum atomic E-state index is 6.04. The SMILES string of the molecule is N[C@@H](c1cccc(Br)n1)[C@@H](N)C1CC1. The molecule has 14 heavy (non-hydrogen) atoms. The summed E-state index contributed by atoms with van der Waals surface area (Å²) in [6.45, 7) is 0. The summed E-state index contributed by atoms with van der Waals surface area (Å²) in [5.41, 5.74) is 12.9. The van der Waals surface area contributed by atoms with Crippen LogP contribution in [0.4, 0.5) is 0 Å². The highest BCUT2D eigenvalue weighted by Crippen LogP contribution is 2.35. The van der Waals surface area contributed by atoms with Crippen LogP contribution in [0.15, 0.2) is 22.8 Å². The lowest BCUT2D eigenvalue weighted by Crippen LogP contribution is -2.36. The minimum Gasteiger partial charge on any atom is -0.326 e. The maximum absolute atomic E-state index is 6.04. The molecule has 0 amide bonds. The number of halogens is 1. The topological polar surface area (TPSA) is 64.9 Å². The molecule has 0 aromatic carbocycles. The average Bonchev–Trinajstić information content (AvgIpc) is 2.99. The van der Waals surface area contributed by atoms with Crippen molar-refractivity contribution in [3.05, 3.63) is 28.5 Å². The standard InChI is InChI=1S/C10H14BrN3/c11-8-3-1-2-7(14-8)10(13)9(12)6-4-5-6/h1-3,6,9-10H,4-5,12-13H2/t9-,10-/m0/s1. The molecular weight excluding hydrogens is 242 g/mol. The Morgan fingerprint density at radius 2 is 2.07 bits per heavy atom. The van der Waals surface area contributed by atoms with Gasteiger partial charge in [0.2, 0.25) is 0 Å². The average molecular weight is 256 g/mol. The Morgan fingerprint density at radius 3 is 2.64 bits per heavy atom. The van der Waals surface area contributed by atoms with Crippen LogP contribution in [0, 0.1) is 5.92 Å². The minimum absolute atomic E-state index is 0.0526. The van der Waals surface area contributed by atoms with E-state index in [4.69, 9.17) is 11.5 Å². The van der Waals surface area contributed by atoms with Crippen molar-refractivity contribution in [3.63, 3.8) is 0 Å². The number of hydrogen-bond acceptors (Lipinski definition) is 3. The zero-order valence-electron chi connectivity index (χ0n) is 7.86. The lowest BCUT2D eigenvalue weighted by atomic mass is 10.0. The van der Waals surface area contributed by atoms with E-state index in [2.05, 4.69) is 20.9 Å². The highest BCUT2D eigenvalue weighted by atomic mass is 79.9. The summed E-state index contributed by atoms with van der Waals surface area (Å²) in [6, 6.07) is 5.67. The van der Waals surface area contributed by atoms with Gasteiger partial charge in [0.15, 0.2) is 0 Å². The van der Waals surface area contributed by atoms with Gasteiger partial charge in [0.1, 0.15) is 4.60 Å². The van der Waals surface area contributed by atoms with E-state index in [1.54, 1.807) is 0 Å². The van der Waals surface area contributed by atoms with Gasteiger partial charge < -0.3 is 11.5 Å². The molecule has 0 unspecified atom stereocenters. The molecule has 0 saturated heterocycles. The van der Waals surface area contributed by atoms with Gasteiger partial charge >= 0.3 is 0 Å². The highest BCUT2D eigenvalue weighted by Gasteiger charge is 2.33. The molecular formula is C10H14BrN3. The van der Waals surface area contributed by atoms with E-state index < -0.39 is 0 Å². The Labute approximate surface area is 92.0 Å². The van der Waals surface area contributed by atoms with Gasteiger partial charge in [-0.3, -0.25) is 0 Å². The zero-order chi connectivity index (χ0) is 10.1. The molecule has 1 aliphatic rings. The normalized spacial score (nSPS) is 20.5. The van der Waals surface area contributed by atoms with Crippen LogP contribution >= 0.6 is 15.9 Å². The Hall–Kier alpha value is -0.450. The Morgan fingerprint density at radius 1 is 1.36 bits per heavy atom. The fraction of sp³-hybridized carbons (Fsp3) is 0.500. The highest BCUT2D eigenvalue weighted by molar-refractivity contribution is 9.10. The van der Waals surface area contributed by atoms with Crippen molar-refractivity contribution in [2.24, 2.45) is 17.4 Å². The molecule has 3 nitrogen and oxygen atoms in total. The number of hydrogen-bond donors (Lipinski definition) is 2. The van der Waals surface area contributed by atoms with E-state index in [0.29, 0.717) is 5.92 Å². The molecule has 1 aliphatic carbocycles. The van der Waals surface area contributed by atoms with Crippen molar-refractivity contribution in [1.29, 1.82) is 0 Å². The molecule has 0 radical (unpaired) electrons. The number of nitrogens with zero attached hydrogens (tertiary/aromatic N) is 1. The summed E-state index contributed by atoms with van der Waals surface area (Å²) < 4.78 is 0.813. The summed E-state index contributed by atoms with van der Waals surface area (Å²) in [5.74, 6) is 0.603. The van der Waals surface area contributed by atoms with E-state index in [1.807, 2.05) is 18.2 Å². The molecule has 2 rings (SSSR count). The van der Waals surface area contributed by atoms with Gasteiger partial charge in [0.05, 0.1) is 11.7 Å². The van der Waals surface area contributed by atoms with E-state index in [0.717, 1.165) is 10.3 Å². The Balaban J connectivity index is 2.13. The molecule has 2 atom stereocenters. The zero-order valence-corrected chi connectivity index (χ0v) is 9.44. The van der Waals surface area contributed by atoms with E-state index in [-0.39, 0.29) is 12.1 Å². The van der Waals surface area contributed by atoms with E-state index >= 15 is 0 Å². The van der Waals surface area contributed by atoms with Crippen LogP contribution in [0.1, 0.15) is 24.6 Å². The fourth-order valence-electron chi connectivity index (χ4n) is 1.58. The molecule has 0 bridgehead atoms. The number of rotatable bonds is 3. The number of pyridine rings is 1. The first-order valence-electron chi connectivity index (χ1n) is 4.82. The monoisotopic (exact) mass is 255 g/mol. The predicted octanol–water partition coefficient (Wildman–Crippen LogP) is 1.58. The van der Waals surface area contributed by atoms with Crippen molar-refractivity contribution >= 4 is 15.9 Å². The van der Waals surface area contributed by atoms with Crippen LogP contribution in [-0.2, 0) is 0 Å². The van der Waals surface area contributed by atoms with Gasteiger partial charge in [-0.25, -0.2) is 4.98 Å². The quantitative estimate of drug-likeness (QED) is 0.807. The molecule has 1 aromatic heterocycles. The Bertz CT molecular complexity index is 325. The van der Waals surface area contributed by atoms with E-state index in [1.165, 1.54) is 12.8 Å². The smallest absolute Gasteiger partial charge is 0.106 e. The minimum atomic E-state index is -0.139. The molecule has 4 N–H and O–H groups in total. The van der Waals surface area contributed by atoms with Crippen molar-refractivity contribution in [2.45, 2.75) is 24.9 Å². The molecule has 1 fully saturated rings. The van der Waals surface area contributed by atoms with Crippen LogP contribution < -0.4 is 11.5 Å². The molecule has 76 valence electrons. The summed E-state index contributed by atoms with van der Waals surface area (Å²) in [5, 5.41) is 0. The number of nitrogens with two attached hydrogens (primary N) is 2. The van der Waals surface area contributed by atoms with E-state index in [9.17, 15) is 0 Å². The van der Waals surface area contributed by atoms with Gasteiger partial charge in [-0.2, -0.15) is 0 Å². The van der Waals surface area contributed by atoms with Crippen molar-refractivity contribution in [2.75, 3.05) is 0 Å². The van der Waals surface area contributed by atoms with Gasteiger partial charge in [-0.1, -0.05) is 6.07 Å². The van der Waals surface area contributed by atoms with Crippen LogP contribution in [0.2, 0.25) is 0 Å². The molecule has 4 heteroatoms. The van der Waals surface area contributed by atoms with Crippen molar-refractivity contribution < 1.29 is 0 Å². The van der Waals surface area contributed by atoms with Crippen LogP contribution in [0.25, 0.3) is 0 Å². The van der Waals surface area contributed by atoms with Crippen molar-refractivity contribution in [3.8, 4) is 0 Å². The molecule has 0 spiro atoms. The first-order valence-corrected chi connectivity index (χ1v) is 5.61. The van der Waals surface area contributed by atoms with Crippen molar-refractivity contribution in [1.82, 2.24) is 4.98 Å². The second kappa shape index (κ2) is 3.96. The molecule has 1 aromatic rings. The first kappa shape index (κ1) is 10.1. The van der Waals surface area contributed by atoms with Gasteiger partial charge in [-0.15, -0.1) is 0 Å². The second-order valence-electron chi connectivity index (χ2n) is 3.83. The lowest BCUT2D eigenvalue weighted by molar-refractivity contribution is 0.485. The van der Waals surface area contributed by atoms with Gasteiger partial charge in [0.25, 0.3) is 0 Å². The summed E-state index contributed by atoms with van der Waals surface area (Å²) in [7, 11) is 0. The fourth-order valence-corrected chi connectivity index (χ4v) is 1.94. The third-order valence-corrected chi connectivity index (χ3v) is 3.10. The molecule has 1 saturated carbocycles. The Kier molecular flexibility index (Phi) is 2.85. The largest absolute Gasteiger partial charge is 0.326 e. The summed E-state index contributed by atoms with van der Waals surface area (Å²) >= 11 is 3.32. The third-order valence-electron chi connectivity index (χ3n) is 2.66. The molecule has 1 heterocycles. The third kappa shape index (κ3) is 2.13. The summed E-state index contributed by atoms with van der Waals surface area (Å²) in [6.07, 6.45) is 2.42. The van der Waals surface area contributed by atoms with Crippen LogP contribution in [0.5, 0.6) is 0 Å². The lowest BCUT2D eigenvalue weighted by Gasteiger charge is -2.18. The van der Waals surface area contributed by atoms with Gasteiger partial charge in [0, 0.05) is 6.04 Å². The van der Waals surface area contributed by atoms with Crippen LogP contribution in [-0.4, -0.2) is 11.0 Å². The predicted molar refractivity (Wildman–Crippen MR) is 59.6 cm³/mol. The summed E-state index contributed by atoms with van der Waals surface area (Å²) in [4.78, 5) is 4.32. The second-order valence-corrected chi connectivity index (χ2v) is 4.64. The van der Waals surface area contributed by atoms with Crippen LogP contribution in [0.3, 0.4) is 0 Å². The maximum Gasteiger partial charge on any atom is 0.106 e. The number of aromatic nitrogens is 1. The molecule has 0 aliphatic heterocycles. The first-order chi connectivity index (χ1) is 6.68.